The maximum absolute atomic E-state index is 5.93. The molecule has 2 unspecified atom stereocenters. The lowest BCUT2D eigenvalue weighted by Crippen LogP contribution is -2.58. The summed E-state index contributed by atoms with van der Waals surface area (Å²) in [5.74, 6) is 0. The maximum atomic E-state index is 5.93. The lowest BCUT2D eigenvalue weighted by molar-refractivity contribution is -0.0102. The van der Waals surface area contributed by atoms with Crippen LogP contribution < -0.4 is 5.73 Å². The largest absolute Gasteiger partial charge is 0.372 e. The SMILES string of the molecule is CN1CCN(CC2CCC(CN)O2)CC1(C)C. The molecule has 0 aromatic carbocycles. The number of rotatable bonds is 3. The Balaban J connectivity index is 1.80. The van der Waals surface area contributed by atoms with Gasteiger partial charge in [0.2, 0.25) is 0 Å². The molecule has 0 aromatic rings. The molecule has 2 fully saturated rings. The first-order valence-corrected chi connectivity index (χ1v) is 6.80. The predicted molar refractivity (Wildman–Crippen MR) is 70.1 cm³/mol. The Labute approximate surface area is 105 Å². The Bertz CT molecular complexity index is 257. The van der Waals surface area contributed by atoms with E-state index in [9.17, 15) is 0 Å². The first-order chi connectivity index (χ1) is 8.01. The highest BCUT2D eigenvalue weighted by Crippen LogP contribution is 2.23. The van der Waals surface area contributed by atoms with Gasteiger partial charge in [0.1, 0.15) is 0 Å². The van der Waals surface area contributed by atoms with Crippen LogP contribution in [0.4, 0.5) is 0 Å². The number of ether oxygens (including phenoxy) is 1. The van der Waals surface area contributed by atoms with Crippen molar-refractivity contribution in [3.8, 4) is 0 Å². The third-order valence-corrected chi connectivity index (χ3v) is 4.32. The van der Waals surface area contributed by atoms with Gasteiger partial charge >= 0.3 is 0 Å². The van der Waals surface area contributed by atoms with E-state index in [2.05, 4.69) is 30.7 Å². The second-order valence-corrected chi connectivity index (χ2v) is 6.16. The van der Waals surface area contributed by atoms with E-state index in [0.717, 1.165) is 32.6 Å². The fourth-order valence-corrected chi connectivity index (χ4v) is 2.87. The van der Waals surface area contributed by atoms with Gasteiger partial charge in [0.05, 0.1) is 12.2 Å². The van der Waals surface area contributed by atoms with Crippen molar-refractivity contribution >= 4 is 0 Å². The van der Waals surface area contributed by atoms with Gasteiger partial charge in [0, 0.05) is 38.3 Å². The monoisotopic (exact) mass is 241 g/mol. The van der Waals surface area contributed by atoms with Crippen LogP contribution in [0.2, 0.25) is 0 Å². The van der Waals surface area contributed by atoms with Crippen LogP contribution in [0, 0.1) is 0 Å². The first kappa shape index (κ1) is 13.3. The Kier molecular flexibility index (Phi) is 4.08. The van der Waals surface area contributed by atoms with Crippen LogP contribution >= 0.6 is 0 Å². The van der Waals surface area contributed by atoms with Crippen molar-refractivity contribution in [1.29, 1.82) is 0 Å². The number of hydrogen-bond donors (Lipinski definition) is 1. The summed E-state index contributed by atoms with van der Waals surface area (Å²) in [7, 11) is 2.22. The van der Waals surface area contributed by atoms with Gasteiger partial charge in [-0.1, -0.05) is 0 Å². The number of hydrogen-bond acceptors (Lipinski definition) is 4. The molecule has 17 heavy (non-hydrogen) atoms. The average molecular weight is 241 g/mol. The van der Waals surface area contributed by atoms with Gasteiger partial charge in [-0.05, 0) is 33.7 Å². The summed E-state index contributed by atoms with van der Waals surface area (Å²) in [5.41, 5.74) is 5.93. The Morgan fingerprint density at radius 1 is 1.24 bits per heavy atom. The molecule has 4 heteroatoms. The van der Waals surface area contributed by atoms with Crippen LogP contribution in [-0.2, 0) is 4.74 Å². The van der Waals surface area contributed by atoms with Gasteiger partial charge in [-0.2, -0.15) is 0 Å². The summed E-state index contributed by atoms with van der Waals surface area (Å²) in [6, 6.07) is 0. The molecule has 0 bridgehead atoms. The topological polar surface area (TPSA) is 41.7 Å². The molecular weight excluding hydrogens is 214 g/mol. The smallest absolute Gasteiger partial charge is 0.0707 e. The fourth-order valence-electron chi connectivity index (χ4n) is 2.87. The number of nitrogens with zero attached hydrogens (tertiary/aromatic N) is 2. The summed E-state index contributed by atoms with van der Waals surface area (Å²) in [6.45, 7) is 9.83. The molecular formula is C13H27N3O. The van der Waals surface area contributed by atoms with Gasteiger partial charge in [0.25, 0.3) is 0 Å². The van der Waals surface area contributed by atoms with E-state index in [4.69, 9.17) is 10.5 Å². The van der Waals surface area contributed by atoms with Gasteiger partial charge in [0.15, 0.2) is 0 Å². The molecule has 0 spiro atoms. The van der Waals surface area contributed by atoms with Gasteiger partial charge in [-0.3, -0.25) is 9.80 Å². The highest BCUT2D eigenvalue weighted by Gasteiger charge is 2.33. The third kappa shape index (κ3) is 3.19. The molecule has 2 saturated heterocycles. The van der Waals surface area contributed by atoms with Crippen molar-refractivity contribution in [2.45, 2.75) is 44.4 Å². The molecule has 0 radical (unpaired) electrons. The quantitative estimate of drug-likeness (QED) is 0.782. The van der Waals surface area contributed by atoms with Crippen LogP contribution in [0.3, 0.4) is 0 Å². The maximum Gasteiger partial charge on any atom is 0.0707 e. The number of piperazine rings is 1. The van der Waals surface area contributed by atoms with E-state index in [0.29, 0.717) is 18.8 Å². The van der Waals surface area contributed by atoms with E-state index in [1.165, 1.54) is 6.42 Å². The first-order valence-electron chi connectivity index (χ1n) is 6.80. The van der Waals surface area contributed by atoms with E-state index in [-0.39, 0.29) is 5.54 Å². The summed E-state index contributed by atoms with van der Waals surface area (Å²) in [5, 5.41) is 0. The molecule has 0 amide bonds. The van der Waals surface area contributed by atoms with Crippen LogP contribution in [0.5, 0.6) is 0 Å². The van der Waals surface area contributed by atoms with Crippen molar-refractivity contribution in [3.05, 3.63) is 0 Å². The molecule has 2 atom stereocenters. The van der Waals surface area contributed by atoms with E-state index < -0.39 is 0 Å². The molecule has 2 rings (SSSR count). The minimum Gasteiger partial charge on any atom is -0.372 e. The molecule has 2 aliphatic rings. The van der Waals surface area contributed by atoms with Crippen LogP contribution in [0.15, 0.2) is 0 Å². The van der Waals surface area contributed by atoms with Crippen molar-refractivity contribution in [2.75, 3.05) is 39.8 Å². The number of nitrogens with two attached hydrogens (primary N) is 1. The minimum absolute atomic E-state index is 0.282. The van der Waals surface area contributed by atoms with Gasteiger partial charge < -0.3 is 10.5 Å². The summed E-state index contributed by atoms with van der Waals surface area (Å²) in [6.07, 6.45) is 3.02. The van der Waals surface area contributed by atoms with Gasteiger partial charge in [-0.15, -0.1) is 0 Å². The minimum atomic E-state index is 0.282. The summed E-state index contributed by atoms with van der Waals surface area (Å²) >= 11 is 0. The summed E-state index contributed by atoms with van der Waals surface area (Å²) < 4.78 is 5.93. The van der Waals surface area contributed by atoms with E-state index in [1.807, 2.05) is 0 Å². The standard InChI is InChI=1S/C13H27N3O/c1-13(2)10-16(7-6-15(13)3)9-12-5-4-11(8-14)17-12/h11-12H,4-10,14H2,1-3H3. The molecule has 0 aliphatic carbocycles. The van der Waals surface area contributed by atoms with Crippen LogP contribution in [0.1, 0.15) is 26.7 Å². The fraction of sp³-hybridized carbons (Fsp3) is 1.00. The lowest BCUT2D eigenvalue weighted by Gasteiger charge is -2.45. The Hall–Kier alpha value is -0.160. The van der Waals surface area contributed by atoms with Crippen molar-refractivity contribution in [2.24, 2.45) is 5.73 Å². The molecule has 4 nitrogen and oxygen atoms in total. The second kappa shape index (κ2) is 5.22. The predicted octanol–water partition coefficient (Wildman–Crippen LogP) is 0.519. The van der Waals surface area contributed by atoms with Crippen molar-refractivity contribution < 1.29 is 4.74 Å². The zero-order valence-corrected chi connectivity index (χ0v) is 11.5. The highest BCUT2D eigenvalue weighted by molar-refractivity contribution is 4.89. The Morgan fingerprint density at radius 2 is 1.94 bits per heavy atom. The van der Waals surface area contributed by atoms with Crippen LogP contribution in [0.25, 0.3) is 0 Å². The molecule has 2 aliphatic heterocycles. The highest BCUT2D eigenvalue weighted by atomic mass is 16.5. The van der Waals surface area contributed by atoms with Crippen LogP contribution in [-0.4, -0.2) is 67.3 Å². The van der Waals surface area contributed by atoms with Crippen molar-refractivity contribution in [3.63, 3.8) is 0 Å². The molecule has 100 valence electrons. The van der Waals surface area contributed by atoms with Gasteiger partial charge in [-0.25, -0.2) is 0 Å². The van der Waals surface area contributed by atoms with E-state index >= 15 is 0 Å². The molecule has 0 aromatic heterocycles. The average Bonchev–Trinajstić information content (AvgIpc) is 2.71. The third-order valence-electron chi connectivity index (χ3n) is 4.32. The lowest BCUT2D eigenvalue weighted by atomic mass is 9.99. The van der Waals surface area contributed by atoms with Crippen molar-refractivity contribution in [1.82, 2.24) is 9.80 Å². The zero-order chi connectivity index (χ0) is 12.5. The molecule has 0 saturated carbocycles. The second-order valence-electron chi connectivity index (χ2n) is 6.16. The zero-order valence-electron chi connectivity index (χ0n) is 11.5. The number of likely N-dealkylation sites (N-methyl/N-ethyl adjacent to an activating group) is 1. The molecule has 2 N–H and O–H groups in total. The van der Waals surface area contributed by atoms with E-state index in [1.54, 1.807) is 0 Å². The molecule has 2 heterocycles. The normalized spacial score (nSPS) is 35.3. The Morgan fingerprint density at radius 3 is 2.53 bits per heavy atom. The summed E-state index contributed by atoms with van der Waals surface area (Å²) in [4.78, 5) is 4.99.